The highest BCUT2D eigenvalue weighted by Gasteiger charge is 2.13. The normalized spacial score (nSPS) is 10.1. The summed E-state index contributed by atoms with van der Waals surface area (Å²) in [6, 6.07) is 3.61. The third kappa shape index (κ3) is 4.52. The van der Waals surface area contributed by atoms with Crippen LogP contribution in [0.25, 0.3) is 0 Å². The van der Waals surface area contributed by atoms with Gasteiger partial charge in [-0.25, -0.2) is 0 Å². The minimum Gasteiger partial charge on any atom is -0.493 e. The first kappa shape index (κ1) is 15.4. The maximum atomic E-state index is 5.69. The molecule has 0 radical (unpaired) electrons. The van der Waals surface area contributed by atoms with Crippen LogP contribution in [-0.4, -0.2) is 41.5 Å². The summed E-state index contributed by atoms with van der Waals surface area (Å²) < 4.78 is 21.5. The first-order valence-electron chi connectivity index (χ1n) is 6.34. The molecule has 0 bridgehead atoms. The number of unbranched alkanes of at least 4 members (excludes halogenated alkanes) is 1. The second-order valence-electron chi connectivity index (χ2n) is 4.02. The lowest BCUT2D eigenvalue weighted by Gasteiger charge is -2.14. The zero-order valence-corrected chi connectivity index (χ0v) is 12.1. The molecule has 0 amide bonds. The van der Waals surface area contributed by atoms with Crippen LogP contribution in [0.15, 0.2) is 12.1 Å². The summed E-state index contributed by atoms with van der Waals surface area (Å²) in [5.41, 5.74) is 0. The molecule has 5 heteroatoms. The SMILES string of the molecule is CNCCCCOc1cc(OC)c(OC)c(OC)c1. The first-order chi connectivity index (χ1) is 9.26. The van der Waals surface area contributed by atoms with E-state index in [1.807, 2.05) is 7.05 Å². The van der Waals surface area contributed by atoms with Crippen molar-refractivity contribution in [2.45, 2.75) is 12.8 Å². The van der Waals surface area contributed by atoms with Gasteiger partial charge in [-0.3, -0.25) is 0 Å². The van der Waals surface area contributed by atoms with E-state index in [4.69, 9.17) is 18.9 Å². The van der Waals surface area contributed by atoms with Crippen molar-refractivity contribution in [2.24, 2.45) is 0 Å². The van der Waals surface area contributed by atoms with E-state index in [1.165, 1.54) is 0 Å². The molecule has 0 unspecified atom stereocenters. The fourth-order valence-corrected chi connectivity index (χ4v) is 1.73. The van der Waals surface area contributed by atoms with Crippen molar-refractivity contribution >= 4 is 0 Å². The van der Waals surface area contributed by atoms with Gasteiger partial charge in [0.25, 0.3) is 0 Å². The Kier molecular flexibility index (Phi) is 6.89. The van der Waals surface area contributed by atoms with Crippen LogP contribution in [0, 0.1) is 0 Å². The third-order valence-corrected chi connectivity index (χ3v) is 2.73. The molecule has 0 aliphatic rings. The van der Waals surface area contributed by atoms with Gasteiger partial charge in [0.1, 0.15) is 5.75 Å². The maximum Gasteiger partial charge on any atom is 0.203 e. The molecule has 108 valence electrons. The highest BCUT2D eigenvalue weighted by molar-refractivity contribution is 5.55. The largest absolute Gasteiger partial charge is 0.493 e. The van der Waals surface area contributed by atoms with Gasteiger partial charge in [-0.1, -0.05) is 0 Å². The minimum absolute atomic E-state index is 0.576. The summed E-state index contributed by atoms with van der Waals surface area (Å²) in [7, 11) is 6.71. The van der Waals surface area contributed by atoms with Gasteiger partial charge in [0, 0.05) is 12.1 Å². The quantitative estimate of drug-likeness (QED) is 0.696. The van der Waals surface area contributed by atoms with Crippen LogP contribution in [0.1, 0.15) is 12.8 Å². The number of rotatable bonds is 9. The molecule has 0 fully saturated rings. The molecule has 0 aliphatic carbocycles. The van der Waals surface area contributed by atoms with Crippen molar-refractivity contribution in [1.29, 1.82) is 0 Å². The van der Waals surface area contributed by atoms with Gasteiger partial charge in [-0.05, 0) is 26.4 Å². The van der Waals surface area contributed by atoms with E-state index in [9.17, 15) is 0 Å². The zero-order valence-electron chi connectivity index (χ0n) is 12.1. The lowest BCUT2D eigenvalue weighted by molar-refractivity contribution is 0.292. The molecule has 0 atom stereocenters. The van der Waals surface area contributed by atoms with Crippen molar-refractivity contribution < 1.29 is 18.9 Å². The molecule has 0 heterocycles. The van der Waals surface area contributed by atoms with Gasteiger partial charge in [0.05, 0.1) is 27.9 Å². The minimum atomic E-state index is 0.576. The second kappa shape index (κ2) is 8.48. The van der Waals surface area contributed by atoms with E-state index in [-0.39, 0.29) is 0 Å². The summed E-state index contributed by atoms with van der Waals surface area (Å²) >= 11 is 0. The highest BCUT2D eigenvalue weighted by Crippen LogP contribution is 2.40. The Labute approximate surface area is 114 Å². The topological polar surface area (TPSA) is 49.0 Å². The van der Waals surface area contributed by atoms with E-state index in [2.05, 4.69) is 5.32 Å². The summed E-state index contributed by atoms with van der Waals surface area (Å²) in [5, 5.41) is 3.11. The van der Waals surface area contributed by atoms with Gasteiger partial charge >= 0.3 is 0 Å². The lowest BCUT2D eigenvalue weighted by atomic mass is 10.2. The summed E-state index contributed by atoms with van der Waals surface area (Å²) in [6.45, 7) is 1.67. The Balaban J connectivity index is 2.68. The second-order valence-corrected chi connectivity index (χ2v) is 4.02. The van der Waals surface area contributed by atoms with Crippen molar-refractivity contribution in [3.8, 4) is 23.0 Å². The number of ether oxygens (including phenoxy) is 4. The van der Waals surface area contributed by atoms with Crippen LogP contribution >= 0.6 is 0 Å². The van der Waals surface area contributed by atoms with Crippen LogP contribution in [-0.2, 0) is 0 Å². The molecule has 0 spiro atoms. The average molecular weight is 269 g/mol. The molecule has 1 rings (SSSR count). The zero-order chi connectivity index (χ0) is 14.1. The van der Waals surface area contributed by atoms with Gasteiger partial charge < -0.3 is 24.3 Å². The fourth-order valence-electron chi connectivity index (χ4n) is 1.73. The Morgan fingerprint density at radius 3 is 2.05 bits per heavy atom. The molecule has 0 aromatic heterocycles. The summed E-state index contributed by atoms with van der Waals surface area (Å²) in [4.78, 5) is 0. The molecule has 1 N–H and O–H groups in total. The summed E-state index contributed by atoms with van der Waals surface area (Å²) in [5.74, 6) is 2.51. The molecule has 19 heavy (non-hydrogen) atoms. The van der Waals surface area contributed by atoms with Crippen molar-refractivity contribution in [1.82, 2.24) is 5.32 Å². The van der Waals surface area contributed by atoms with Crippen LogP contribution in [0.4, 0.5) is 0 Å². The smallest absolute Gasteiger partial charge is 0.203 e. The van der Waals surface area contributed by atoms with Crippen LogP contribution in [0.2, 0.25) is 0 Å². The number of nitrogens with one attached hydrogen (secondary N) is 1. The molecule has 1 aromatic rings. The molecule has 0 aliphatic heterocycles. The van der Waals surface area contributed by atoms with Gasteiger partial charge in [0.2, 0.25) is 5.75 Å². The maximum absolute atomic E-state index is 5.69. The fraction of sp³-hybridized carbons (Fsp3) is 0.571. The van der Waals surface area contributed by atoms with E-state index >= 15 is 0 Å². The Morgan fingerprint density at radius 2 is 1.58 bits per heavy atom. The highest BCUT2D eigenvalue weighted by atomic mass is 16.5. The molecular weight excluding hydrogens is 246 g/mol. The monoisotopic (exact) mass is 269 g/mol. The number of benzene rings is 1. The molecule has 0 saturated carbocycles. The molecule has 0 saturated heterocycles. The van der Waals surface area contributed by atoms with Crippen LogP contribution < -0.4 is 24.3 Å². The van der Waals surface area contributed by atoms with Crippen LogP contribution in [0.3, 0.4) is 0 Å². The third-order valence-electron chi connectivity index (χ3n) is 2.73. The van der Waals surface area contributed by atoms with E-state index in [0.717, 1.165) is 25.1 Å². The van der Waals surface area contributed by atoms with Gasteiger partial charge in [0.15, 0.2) is 11.5 Å². The molecule has 5 nitrogen and oxygen atoms in total. The first-order valence-corrected chi connectivity index (χ1v) is 6.34. The van der Waals surface area contributed by atoms with Crippen molar-refractivity contribution in [3.63, 3.8) is 0 Å². The van der Waals surface area contributed by atoms with E-state index in [1.54, 1.807) is 33.5 Å². The Hall–Kier alpha value is -1.62. The van der Waals surface area contributed by atoms with Gasteiger partial charge in [-0.15, -0.1) is 0 Å². The van der Waals surface area contributed by atoms with Crippen molar-refractivity contribution in [3.05, 3.63) is 12.1 Å². The number of methoxy groups -OCH3 is 3. The van der Waals surface area contributed by atoms with Crippen LogP contribution in [0.5, 0.6) is 23.0 Å². The predicted octanol–water partition coefficient (Wildman–Crippen LogP) is 2.09. The Bertz CT molecular complexity index is 357. The van der Waals surface area contributed by atoms with Crippen molar-refractivity contribution in [2.75, 3.05) is 41.5 Å². The Morgan fingerprint density at radius 1 is 0.947 bits per heavy atom. The van der Waals surface area contributed by atoms with E-state index in [0.29, 0.717) is 23.9 Å². The lowest BCUT2D eigenvalue weighted by Crippen LogP contribution is -2.09. The predicted molar refractivity (Wildman–Crippen MR) is 74.8 cm³/mol. The number of hydrogen-bond donors (Lipinski definition) is 1. The van der Waals surface area contributed by atoms with E-state index < -0.39 is 0 Å². The average Bonchev–Trinajstić information content (AvgIpc) is 2.45. The number of hydrogen-bond acceptors (Lipinski definition) is 5. The molecule has 1 aromatic carbocycles. The van der Waals surface area contributed by atoms with Gasteiger partial charge in [-0.2, -0.15) is 0 Å². The summed E-state index contributed by atoms with van der Waals surface area (Å²) in [6.07, 6.45) is 2.08. The molecular formula is C14H23NO4. The standard InChI is InChI=1S/C14H23NO4/c1-15-7-5-6-8-19-11-9-12(16-2)14(18-4)13(10-11)17-3/h9-10,15H,5-8H2,1-4H3.